The van der Waals surface area contributed by atoms with Gasteiger partial charge in [0.15, 0.2) is 0 Å². The van der Waals surface area contributed by atoms with Gasteiger partial charge in [0.05, 0.1) is 24.5 Å². The first-order chi connectivity index (χ1) is 19.0. The summed E-state index contributed by atoms with van der Waals surface area (Å²) in [5, 5.41) is 4.16. The van der Waals surface area contributed by atoms with Crippen molar-refractivity contribution in [1.29, 1.82) is 0 Å². The van der Waals surface area contributed by atoms with Crippen molar-refractivity contribution in [1.82, 2.24) is 10.3 Å². The van der Waals surface area contributed by atoms with E-state index >= 15 is 0 Å². The molecular formula is C32H31N5O2. The lowest BCUT2D eigenvalue weighted by Gasteiger charge is -2.36. The van der Waals surface area contributed by atoms with Crippen molar-refractivity contribution in [3.63, 3.8) is 0 Å². The van der Waals surface area contributed by atoms with Gasteiger partial charge < -0.3 is 25.4 Å². The molecule has 0 aliphatic carbocycles. The van der Waals surface area contributed by atoms with Gasteiger partial charge in [0.2, 0.25) is 0 Å². The number of fused-ring (bicyclic) bond motifs is 2. The molecule has 7 heteroatoms. The molecule has 3 heterocycles. The molecule has 0 bridgehead atoms. The normalized spacial score (nSPS) is 16.6. The van der Waals surface area contributed by atoms with Crippen LogP contribution in [0, 0.1) is 6.92 Å². The molecule has 0 amide bonds. The van der Waals surface area contributed by atoms with Crippen LogP contribution in [0.4, 0.5) is 5.69 Å². The zero-order chi connectivity index (χ0) is 26.9. The maximum Gasteiger partial charge on any atom is 0.138 e. The molecule has 0 radical (unpaired) electrons. The number of ether oxygens (including phenoxy) is 2. The van der Waals surface area contributed by atoms with Gasteiger partial charge in [0.1, 0.15) is 29.7 Å². The van der Waals surface area contributed by atoms with Crippen LogP contribution in [0.15, 0.2) is 107 Å². The number of allylic oxidation sites excluding steroid dienone is 2. The Morgan fingerprint density at radius 1 is 1.00 bits per heavy atom. The minimum absolute atomic E-state index is 0.0861. The average molecular weight is 518 g/mol. The lowest BCUT2D eigenvalue weighted by atomic mass is 9.86. The summed E-state index contributed by atoms with van der Waals surface area (Å²) in [7, 11) is 3.54. The molecule has 0 fully saturated rings. The highest BCUT2D eigenvalue weighted by atomic mass is 16.5. The number of aliphatic imine (C=N–C) groups is 1. The van der Waals surface area contributed by atoms with Gasteiger partial charge in [-0.25, -0.2) is 4.99 Å². The minimum Gasteiger partial charge on any atom is -0.497 e. The Balaban J connectivity index is 1.31. The van der Waals surface area contributed by atoms with Crippen LogP contribution in [-0.2, 0) is 6.61 Å². The number of benzene rings is 3. The monoisotopic (exact) mass is 517 g/mol. The molecule has 1 unspecified atom stereocenters. The number of pyridine rings is 1. The molecular weight excluding hydrogens is 486 g/mol. The summed E-state index contributed by atoms with van der Waals surface area (Å²) >= 11 is 0. The van der Waals surface area contributed by atoms with Crippen LogP contribution in [0.3, 0.4) is 0 Å². The van der Waals surface area contributed by atoms with Crippen LogP contribution in [-0.4, -0.2) is 31.4 Å². The van der Waals surface area contributed by atoms with E-state index in [9.17, 15) is 0 Å². The summed E-state index contributed by atoms with van der Waals surface area (Å²) in [6, 6.07) is 24.8. The minimum atomic E-state index is 0.0861. The number of aryl methyl sites for hydroxylation is 1. The van der Waals surface area contributed by atoms with E-state index in [2.05, 4.69) is 58.5 Å². The van der Waals surface area contributed by atoms with E-state index in [1.807, 2.05) is 49.5 Å². The zero-order valence-electron chi connectivity index (χ0n) is 22.3. The van der Waals surface area contributed by atoms with Crippen molar-refractivity contribution < 1.29 is 9.47 Å². The van der Waals surface area contributed by atoms with Crippen LogP contribution in [0.5, 0.6) is 11.5 Å². The van der Waals surface area contributed by atoms with Gasteiger partial charge in [0, 0.05) is 36.2 Å². The molecule has 1 atom stereocenters. The van der Waals surface area contributed by atoms with E-state index in [1.165, 1.54) is 11.1 Å². The number of methoxy groups -OCH3 is 1. The fourth-order valence-corrected chi connectivity index (χ4v) is 5.09. The second-order valence-corrected chi connectivity index (χ2v) is 9.83. The molecule has 0 saturated heterocycles. The maximum absolute atomic E-state index is 6.79. The highest BCUT2D eigenvalue weighted by molar-refractivity contribution is 6.11. The number of rotatable bonds is 7. The number of anilines is 1. The number of nitrogens with one attached hydrogen (secondary N) is 1. The van der Waals surface area contributed by atoms with Crippen molar-refractivity contribution in [3.8, 4) is 11.5 Å². The molecule has 2 aliphatic rings. The fraction of sp³-hybridized carbons (Fsp3) is 0.188. The van der Waals surface area contributed by atoms with E-state index in [0.29, 0.717) is 24.7 Å². The van der Waals surface area contributed by atoms with Gasteiger partial charge in [-0.1, -0.05) is 42.0 Å². The van der Waals surface area contributed by atoms with Crippen molar-refractivity contribution in [2.75, 3.05) is 25.6 Å². The summed E-state index contributed by atoms with van der Waals surface area (Å²) in [6.45, 7) is 3.24. The first kappa shape index (κ1) is 24.6. The van der Waals surface area contributed by atoms with Gasteiger partial charge >= 0.3 is 0 Å². The molecule has 1 aromatic heterocycles. The molecule has 0 spiro atoms. The zero-order valence-corrected chi connectivity index (χ0v) is 22.3. The van der Waals surface area contributed by atoms with Crippen molar-refractivity contribution in [2.24, 2.45) is 10.7 Å². The summed E-state index contributed by atoms with van der Waals surface area (Å²) in [4.78, 5) is 11.7. The third kappa shape index (κ3) is 4.79. The van der Waals surface area contributed by atoms with Gasteiger partial charge in [-0.15, -0.1) is 0 Å². The largest absolute Gasteiger partial charge is 0.497 e. The predicted molar refractivity (Wildman–Crippen MR) is 156 cm³/mol. The van der Waals surface area contributed by atoms with Crippen LogP contribution < -0.4 is 25.4 Å². The number of aromatic nitrogens is 1. The van der Waals surface area contributed by atoms with Crippen molar-refractivity contribution in [2.45, 2.75) is 19.4 Å². The van der Waals surface area contributed by atoms with E-state index in [4.69, 9.17) is 20.2 Å². The second kappa shape index (κ2) is 10.2. The van der Waals surface area contributed by atoms with E-state index < -0.39 is 0 Å². The Hall–Kier alpha value is -4.78. The fourth-order valence-electron chi connectivity index (χ4n) is 5.09. The van der Waals surface area contributed by atoms with Gasteiger partial charge in [-0.3, -0.25) is 4.98 Å². The topological polar surface area (TPSA) is 85.0 Å². The van der Waals surface area contributed by atoms with Gasteiger partial charge in [-0.2, -0.15) is 0 Å². The molecule has 4 aromatic rings. The number of hydrogen-bond donors (Lipinski definition) is 2. The summed E-state index contributed by atoms with van der Waals surface area (Å²) < 4.78 is 11.3. The van der Waals surface area contributed by atoms with E-state index in [1.54, 1.807) is 13.3 Å². The molecule has 0 saturated carbocycles. The van der Waals surface area contributed by atoms with Crippen molar-refractivity contribution >= 4 is 22.3 Å². The van der Waals surface area contributed by atoms with Gasteiger partial charge in [-0.05, 0) is 60.5 Å². The Morgan fingerprint density at radius 2 is 1.79 bits per heavy atom. The Labute approximate surface area is 228 Å². The first-order valence-corrected chi connectivity index (χ1v) is 13.0. The number of nitrogens with two attached hydrogens (primary N) is 1. The standard InChI is InChI=1S/C32H31N5O2/c1-20-4-8-22(9-5-20)28-18-37(32(33)27-16-30(34-2)36-31(27)28)24-10-13-29-23(14-24)15-26(17-35-29)39-19-21-6-11-25(38-3)12-7-21/h4-17,28,34H,18-19,33H2,1-3H3. The van der Waals surface area contributed by atoms with Crippen LogP contribution >= 0.6 is 0 Å². The second-order valence-electron chi connectivity index (χ2n) is 9.83. The lowest BCUT2D eigenvalue weighted by Crippen LogP contribution is -2.41. The van der Waals surface area contributed by atoms with Crippen LogP contribution in [0.2, 0.25) is 0 Å². The highest BCUT2D eigenvalue weighted by Gasteiger charge is 2.35. The quantitative estimate of drug-likeness (QED) is 0.341. The number of hydrogen-bond acceptors (Lipinski definition) is 7. The SMILES string of the molecule is CNC1=CC2=C(N)N(c3ccc4ncc(OCc5ccc(OC)cc5)cc4c3)CC(c3ccc(C)cc3)C2=N1. The molecule has 6 rings (SSSR count). The molecule has 39 heavy (non-hydrogen) atoms. The molecule has 3 aromatic carbocycles. The first-order valence-electron chi connectivity index (χ1n) is 13.0. The average Bonchev–Trinajstić information content (AvgIpc) is 3.42. The van der Waals surface area contributed by atoms with Crippen LogP contribution in [0.1, 0.15) is 22.6 Å². The van der Waals surface area contributed by atoms with Crippen molar-refractivity contribution in [3.05, 3.63) is 119 Å². The predicted octanol–water partition coefficient (Wildman–Crippen LogP) is 5.42. The maximum atomic E-state index is 6.79. The molecule has 196 valence electrons. The third-order valence-corrected chi connectivity index (χ3v) is 7.31. The summed E-state index contributed by atoms with van der Waals surface area (Å²) in [5.74, 6) is 3.14. The molecule has 2 aliphatic heterocycles. The number of nitrogens with zero attached hydrogens (tertiary/aromatic N) is 3. The lowest BCUT2D eigenvalue weighted by molar-refractivity contribution is 0.305. The summed E-state index contributed by atoms with van der Waals surface area (Å²) in [6.07, 6.45) is 3.80. The summed E-state index contributed by atoms with van der Waals surface area (Å²) in [5.41, 5.74) is 14.2. The smallest absolute Gasteiger partial charge is 0.138 e. The van der Waals surface area contributed by atoms with Gasteiger partial charge in [0.25, 0.3) is 0 Å². The van der Waals surface area contributed by atoms with E-state index in [0.717, 1.165) is 45.0 Å². The molecule has 7 nitrogen and oxygen atoms in total. The highest BCUT2D eigenvalue weighted by Crippen LogP contribution is 2.37. The van der Waals surface area contributed by atoms with E-state index in [-0.39, 0.29) is 5.92 Å². The molecule has 3 N–H and O–H groups in total. The Bertz CT molecular complexity index is 1620. The third-order valence-electron chi connectivity index (χ3n) is 7.31. The van der Waals surface area contributed by atoms with Crippen LogP contribution in [0.25, 0.3) is 10.9 Å². The Kier molecular flexibility index (Phi) is 6.40. The Morgan fingerprint density at radius 3 is 2.54 bits per heavy atom.